The molecule has 94 valence electrons. The third-order valence-electron chi connectivity index (χ3n) is 3.07. The lowest BCUT2D eigenvalue weighted by Gasteiger charge is -2.12. The van der Waals surface area contributed by atoms with Crippen LogP contribution in [0.15, 0.2) is 36.4 Å². The molecule has 0 aliphatic rings. The highest BCUT2D eigenvalue weighted by Gasteiger charge is 2.05. The molecule has 0 saturated carbocycles. The van der Waals surface area contributed by atoms with E-state index in [1.165, 1.54) is 22.3 Å². The molecule has 2 heteroatoms. The monoisotopic (exact) mass is 304 g/mol. The van der Waals surface area contributed by atoms with Crippen LogP contribution in [-0.2, 0) is 5.33 Å². The number of alkyl halides is 1. The molecule has 0 spiro atoms. The van der Waals surface area contributed by atoms with Crippen molar-refractivity contribution in [1.82, 2.24) is 0 Å². The highest BCUT2D eigenvalue weighted by atomic mass is 79.9. The van der Waals surface area contributed by atoms with Gasteiger partial charge in [-0.3, -0.25) is 0 Å². The van der Waals surface area contributed by atoms with Gasteiger partial charge in [0.25, 0.3) is 0 Å². The number of aryl methyl sites for hydroxylation is 2. The summed E-state index contributed by atoms with van der Waals surface area (Å²) in [5, 5.41) is 0.871. The summed E-state index contributed by atoms with van der Waals surface area (Å²) in [6, 6.07) is 12.4. The van der Waals surface area contributed by atoms with E-state index < -0.39 is 0 Å². The minimum Gasteiger partial charge on any atom is -0.457 e. The first-order chi connectivity index (χ1) is 8.60. The number of hydrogen-bond donors (Lipinski definition) is 0. The molecule has 0 atom stereocenters. The Labute approximate surface area is 117 Å². The Morgan fingerprint density at radius 3 is 2.28 bits per heavy atom. The van der Waals surface area contributed by atoms with Gasteiger partial charge in [-0.1, -0.05) is 34.1 Å². The van der Waals surface area contributed by atoms with E-state index in [0.717, 1.165) is 16.8 Å². The maximum absolute atomic E-state index is 5.95. The normalized spacial score (nSPS) is 10.4. The van der Waals surface area contributed by atoms with Crippen molar-refractivity contribution in [3.05, 3.63) is 58.7 Å². The Balaban J connectivity index is 2.27. The van der Waals surface area contributed by atoms with Crippen molar-refractivity contribution >= 4 is 15.9 Å². The molecule has 18 heavy (non-hydrogen) atoms. The van der Waals surface area contributed by atoms with Crippen molar-refractivity contribution in [2.75, 3.05) is 0 Å². The molecule has 2 aromatic rings. The fraction of sp³-hybridized carbons (Fsp3) is 0.250. The topological polar surface area (TPSA) is 9.23 Å². The number of halogens is 1. The van der Waals surface area contributed by atoms with E-state index in [1.54, 1.807) is 0 Å². The van der Waals surface area contributed by atoms with Gasteiger partial charge in [0.15, 0.2) is 0 Å². The predicted molar refractivity (Wildman–Crippen MR) is 79.8 cm³/mol. The van der Waals surface area contributed by atoms with Crippen LogP contribution in [0.2, 0.25) is 0 Å². The van der Waals surface area contributed by atoms with Crippen molar-refractivity contribution in [1.29, 1.82) is 0 Å². The minimum absolute atomic E-state index is 0.871. The summed E-state index contributed by atoms with van der Waals surface area (Å²) in [7, 11) is 0. The van der Waals surface area contributed by atoms with Gasteiger partial charge in [0.05, 0.1) is 0 Å². The fourth-order valence-corrected chi connectivity index (χ4v) is 2.25. The average Bonchev–Trinajstić information content (AvgIpc) is 2.36. The molecule has 1 nitrogen and oxygen atoms in total. The summed E-state index contributed by atoms with van der Waals surface area (Å²) in [4.78, 5) is 0. The first kappa shape index (κ1) is 13.2. The Morgan fingerprint density at radius 1 is 1.00 bits per heavy atom. The molecule has 0 amide bonds. The zero-order chi connectivity index (χ0) is 13.1. The summed E-state index contributed by atoms with van der Waals surface area (Å²) < 4.78 is 5.95. The number of ether oxygens (including phenoxy) is 1. The van der Waals surface area contributed by atoms with Crippen molar-refractivity contribution in [2.45, 2.75) is 26.1 Å². The van der Waals surface area contributed by atoms with Crippen molar-refractivity contribution in [3.63, 3.8) is 0 Å². The maximum Gasteiger partial charge on any atom is 0.130 e. The molecular formula is C16H17BrO. The third-order valence-corrected chi connectivity index (χ3v) is 3.72. The van der Waals surface area contributed by atoms with Gasteiger partial charge in [-0.05, 0) is 61.2 Å². The van der Waals surface area contributed by atoms with E-state index in [2.05, 4.69) is 61.0 Å². The highest BCUT2D eigenvalue weighted by molar-refractivity contribution is 9.08. The standard InChI is InChI=1S/C16H17BrO/c1-11-8-12(2)13(3)16(9-11)18-15-6-4-14(10-17)5-7-15/h4-9H,10H2,1-3H3. The Morgan fingerprint density at radius 2 is 1.67 bits per heavy atom. The van der Waals surface area contributed by atoms with E-state index in [-0.39, 0.29) is 0 Å². The van der Waals surface area contributed by atoms with Crippen LogP contribution in [0.3, 0.4) is 0 Å². The molecule has 2 rings (SSSR count). The number of benzene rings is 2. The SMILES string of the molecule is Cc1cc(C)c(C)c(Oc2ccc(CBr)cc2)c1. The lowest BCUT2D eigenvalue weighted by Crippen LogP contribution is -1.92. The fourth-order valence-electron chi connectivity index (χ4n) is 1.88. The van der Waals surface area contributed by atoms with E-state index in [1.807, 2.05) is 12.1 Å². The minimum atomic E-state index is 0.871. The van der Waals surface area contributed by atoms with Crippen LogP contribution in [0.4, 0.5) is 0 Å². The molecule has 0 heterocycles. The zero-order valence-corrected chi connectivity index (χ0v) is 12.5. The second kappa shape index (κ2) is 5.57. The van der Waals surface area contributed by atoms with Crippen LogP contribution in [0, 0.1) is 20.8 Å². The molecule has 0 aromatic heterocycles. The summed E-state index contributed by atoms with van der Waals surface area (Å²) in [5.74, 6) is 1.83. The molecule has 0 fully saturated rings. The maximum atomic E-state index is 5.95. The molecule has 2 aromatic carbocycles. The summed E-state index contributed by atoms with van der Waals surface area (Å²) >= 11 is 3.44. The number of hydrogen-bond acceptors (Lipinski definition) is 1. The van der Waals surface area contributed by atoms with Gasteiger partial charge in [-0.15, -0.1) is 0 Å². The van der Waals surface area contributed by atoms with Gasteiger partial charge in [-0.25, -0.2) is 0 Å². The zero-order valence-electron chi connectivity index (χ0n) is 11.0. The third kappa shape index (κ3) is 2.94. The predicted octanol–water partition coefficient (Wildman–Crippen LogP) is 5.30. The Bertz CT molecular complexity index is 544. The van der Waals surface area contributed by atoms with Crippen LogP contribution >= 0.6 is 15.9 Å². The first-order valence-corrected chi connectivity index (χ1v) is 7.13. The van der Waals surface area contributed by atoms with Crippen LogP contribution in [0.25, 0.3) is 0 Å². The first-order valence-electron chi connectivity index (χ1n) is 6.01. The molecule has 0 bridgehead atoms. The van der Waals surface area contributed by atoms with Crippen LogP contribution in [-0.4, -0.2) is 0 Å². The van der Waals surface area contributed by atoms with E-state index in [4.69, 9.17) is 4.74 Å². The van der Waals surface area contributed by atoms with Gasteiger partial charge in [-0.2, -0.15) is 0 Å². The summed E-state index contributed by atoms with van der Waals surface area (Å²) in [5.41, 5.74) is 4.94. The van der Waals surface area contributed by atoms with Crippen molar-refractivity contribution in [2.24, 2.45) is 0 Å². The molecule has 0 unspecified atom stereocenters. The van der Waals surface area contributed by atoms with Gasteiger partial charge < -0.3 is 4.74 Å². The van der Waals surface area contributed by atoms with Gasteiger partial charge in [0.2, 0.25) is 0 Å². The van der Waals surface area contributed by atoms with Gasteiger partial charge in [0.1, 0.15) is 11.5 Å². The molecular weight excluding hydrogens is 288 g/mol. The highest BCUT2D eigenvalue weighted by Crippen LogP contribution is 2.28. The number of rotatable bonds is 3. The van der Waals surface area contributed by atoms with E-state index in [9.17, 15) is 0 Å². The largest absolute Gasteiger partial charge is 0.457 e. The molecule has 0 aliphatic heterocycles. The van der Waals surface area contributed by atoms with Gasteiger partial charge in [0, 0.05) is 5.33 Å². The lowest BCUT2D eigenvalue weighted by atomic mass is 10.1. The molecule has 0 radical (unpaired) electrons. The molecule has 0 aliphatic carbocycles. The smallest absolute Gasteiger partial charge is 0.130 e. The van der Waals surface area contributed by atoms with Crippen molar-refractivity contribution in [3.8, 4) is 11.5 Å². The van der Waals surface area contributed by atoms with Crippen LogP contribution < -0.4 is 4.74 Å². The van der Waals surface area contributed by atoms with Crippen LogP contribution in [0.5, 0.6) is 11.5 Å². The second-order valence-corrected chi connectivity index (χ2v) is 5.15. The Hall–Kier alpha value is -1.28. The quantitative estimate of drug-likeness (QED) is 0.699. The molecule has 0 N–H and O–H groups in total. The van der Waals surface area contributed by atoms with Crippen LogP contribution in [0.1, 0.15) is 22.3 Å². The Kier molecular flexibility index (Phi) is 4.07. The summed E-state index contributed by atoms with van der Waals surface area (Å²) in [6.45, 7) is 6.30. The summed E-state index contributed by atoms with van der Waals surface area (Å²) in [6.07, 6.45) is 0. The van der Waals surface area contributed by atoms with Crippen molar-refractivity contribution < 1.29 is 4.74 Å². The van der Waals surface area contributed by atoms with Gasteiger partial charge >= 0.3 is 0 Å². The molecule has 0 saturated heterocycles. The van der Waals surface area contributed by atoms with E-state index in [0.29, 0.717) is 0 Å². The average molecular weight is 305 g/mol. The van der Waals surface area contributed by atoms with E-state index >= 15 is 0 Å². The second-order valence-electron chi connectivity index (χ2n) is 4.58. The lowest BCUT2D eigenvalue weighted by molar-refractivity contribution is 0.478.